The van der Waals surface area contributed by atoms with Gasteiger partial charge in [-0.1, -0.05) is 36.7 Å². The molecular formula is C15H23BrClN3O2. The van der Waals surface area contributed by atoms with Crippen LogP contribution in [0.25, 0.3) is 0 Å². The van der Waals surface area contributed by atoms with Crippen LogP contribution in [0.1, 0.15) is 32.8 Å². The molecule has 22 heavy (non-hydrogen) atoms. The second-order valence-corrected chi connectivity index (χ2v) is 7.16. The van der Waals surface area contributed by atoms with Crippen LogP contribution in [-0.4, -0.2) is 18.4 Å². The van der Waals surface area contributed by atoms with Crippen LogP contribution in [0, 0.1) is 12.3 Å². The molecule has 4 N–H and O–H groups in total. The monoisotopic (exact) mass is 391 g/mol. The lowest BCUT2D eigenvalue weighted by Gasteiger charge is -2.17. The Balaban J connectivity index is 0.00000441. The van der Waals surface area contributed by atoms with Gasteiger partial charge in [-0.2, -0.15) is 0 Å². The van der Waals surface area contributed by atoms with Crippen molar-refractivity contribution in [1.82, 2.24) is 5.32 Å². The van der Waals surface area contributed by atoms with Gasteiger partial charge in [-0.15, -0.1) is 12.4 Å². The van der Waals surface area contributed by atoms with Crippen molar-refractivity contribution in [3.63, 3.8) is 0 Å². The van der Waals surface area contributed by atoms with Crippen LogP contribution in [-0.2, 0) is 9.59 Å². The fourth-order valence-electron chi connectivity index (χ4n) is 1.78. The Kier molecular flexibility index (Phi) is 7.90. The largest absolute Gasteiger partial charge is 0.397 e. The van der Waals surface area contributed by atoms with Crippen LogP contribution in [0.4, 0.5) is 11.4 Å². The maximum Gasteiger partial charge on any atom is 0.243 e. The van der Waals surface area contributed by atoms with Gasteiger partial charge in [-0.3, -0.25) is 9.59 Å². The van der Waals surface area contributed by atoms with Gasteiger partial charge < -0.3 is 16.4 Å². The smallest absolute Gasteiger partial charge is 0.243 e. The summed E-state index contributed by atoms with van der Waals surface area (Å²) < 4.78 is 0.835. The minimum absolute atomic E-state index is 0. The van der Waals surface area contributed by atoms with Gasteiger partial charge in [0.15, 0.2) is 0 Å². The van der Waals surface area contributed by atoms with E-state index in [4.69, 9.17) is 5.73 Å². The fourth-order valence-corrected chi connectivity index (χ4v) is 2.35. The quantitative estimate of drug-likeness (QED) is 0.688. The number of halogens is 2. The summed E-state index contributed by atoms with van der Waals surface area (Å²) in [6.45, 7) is 7.70. The third-order valence-corrected chi connectivity index (χ3v) is 3.22. The highest BCUT2D eigenvalue weighted by atomic mass is 79.9. The standard InChI is InChI=1S/C15H22BrN3O2.ClH/c1-9-5-10(16)6-11(14(9)17)19-13(21)8-18-12(20)7-15(2,3)4;/h5-6H,7-8,17H2,1-4H3,(H,18,20)(H,19,21);1H. The molecule has 0 atom stereocenters. The third kappa shape index (κ3) is 7.13. The zero-order valence-electron chi connectivity index (χ0n) is 13.2. The Hall–Kier alpha value is -1.27. The minimum atomic E-state index is -0.304. The summed E-state index contributed by atoms with van der Waals surface area (Å²) >= 11 is 3.36. The summed E-state index contributed by atoms with van der Waals surface area (Å²) in [7, 11) is 0. The molecule has 0 radical (unpaired) electrons. The number of hydrogen-bond donors (Lipinski definition) is 3. The van der Waals surface area contributed by atoms with Crippen molar-refractivity contribution >= 4 is 51.5 Å². The molecule has 0 aliphatic rings. The van der Waals surface area contributed by atoms with E-state index < -0.39 is 0 Å². The molecule has 1 aromatic rings. The highest BCUT2D eigenvalue weighted by Crippen LogP contribution is 2.27. The fraction of sp³-hybridized carbons (Fsp3) is 0.467. The Morgan fingerprint density at radius 2 is 1.82 bits per heavy atom. The number of aryl methyl sites for hydroxylation is 1. The molecule has 0 aliphatic carbocycles. The van der Waals surface area contributed by atoms with E-state index in [2.05, 4.69) is 26.6 Å². The van der Waals surface area contributed by atoms with Gasteiger partial charge in [0.25, 0.3) is 0 Å². The maximum atomic E-state index is 11.9. The number of anilines is 2. The molecule has 5 nitrogen and oxygen atoms in total. The van der Waals surface area contributed by atoms with Gasteiger partial charge in [0.1, 0.15) is 0 Å². The number of nitrogens with one attached hydrogen (secondary N) is 2. The van der Waals surface area contributed by atoms with E-state index in [1.165, 1.54) is 0 Å². The van der Waals surface area contributed by atoms with E-state index in [1.54, 1.807) is 6.07 Å². The Morgan fingerprint density at radius 3 is 2.36 bits per heavy atom. The average Bonchev–Trinajstić information content (AvgIpc) is 2.30. The maximum absolute atomic E-state index is 11.9. The summed E-state index contributed by atoms with van der Waals surface area (Å²) in [6, 6.07) is 3.60. The van der Waals surface area contributed by atoms with Gasteiger partial charge >= 0.3 is 0 Å². The first-order valence-corrected chi connectivity index (χ1v) is 7.50. The summed E-state index contributed by atoms with van der Waals surface area (Å²) in [4.78, 5) is 23.5. The van der Waals surface area contributed by atoms with Gasteiger partial charge in [0.05, 0.1) is 17.9 Å². The Labute approximate surface area is 145 Å². The van der Waals surface area contributed by atoms with Crippen LogP contribution in [0.3, 0.4) is 0 Å². The molecule has 124 valence electrons. The van der Waals surface area contributed by atoms with Crippen molar-refractivity contribution in [2.75, 3.05) is 17.6 Å². The third-order valence-electron chi connectivity index (χ3n) is 2.76. The predicted molar refractivity (Wildman–Crippen MR) is 96.3 cm³/mol. The summed E-state index contributed by atoms with van der Waals surface area (Å²) in [5.41, 5.74) is 7.74. The SMILES string of the molecule is Cc1cc(Br)cc(NC(=O)CNC(=O)CC(C)(C)C)c1N.Cl. The lowest BCUT2D eigenvalue weighted by molar-refractivity contribution is -0.125. The first-order chi connectivity index (χ1) is 9.58. The van der Waals surface area contributed by atoms with Gasteiger partial charge in [0, 0.05) is 10.9 Å². The molecule has 0 saturated heterocycles. The highest BCUT2D eigenvalue weighted by Gasteiger charge is 2.16. The summed E-state index contributed by atoms with van der Waals surface area (Å²) in [6.07, 6.45) is 0.373. The molecule has 1 aromatic carbocycles. The minimum Gasteiger partial charge on any atom is -0.397 e. The number of benzene rings is 1. The number of rotatable bonds is 4. The molecule has 1 rings (SSSR count). The number of carbonyl (C=O) groups is 2. The molecule has 0 fully saturated rings. The number of nitrogens with two attached hydrogens (primary N) is 1. The van der Waals surface area contributed by atoms with Crippen LogP contribution in [0.5, 0.6) is 0 Å². The molecular weight excluding hydrogens is 370 g/mol. The van der Waals surface area contributed by atoms with Gasteiger partial charge in [0.2, 0.25) is 11.8 Å². The van der Waals surface area contributed by atoms with Crippen LogP contribution < -0.4 is 16.4 Å². The lowest BCUT2D eigenvalue weighted by atomic mass is 9.92. The second kappa shape index (κ2) is 8.39. The zero-order valence-corrected chi connectivity index (χ0v) is 15.7. The van der Waals surface area contributed by atoms with Crippen LogP contribution >= 0.6 is 28.3 Å². The summed E-state index contributed by atoms with van der Waals surface area (Å²) in [5.74, 6) is -0.447. The Bertz CT molecular complexity index is 556. The molecule has 2 amide bonds. The van der Waals surface area contributed by atoms with Crippen molar-refractivity contribution in [3.8, 4) is 0 Å². The molecule has 0 heterocycles. The van der Waals surface area contributed by atoms with Crippen molar-refractivity contribution in [3.05, 3.63) is 22.2 Å². The van der Waals surface area contributed by atoms with Crippen molar-refractivity contribution in [2.24, 2.45) is 5.41 Å². The second-order valence-electron chi connectivity index (χ2n) is 6.25. The molecule has 0 bridgehead atoms. The van der Waals surface area contributed by atoms with E-state index in [-0.39, 0.29) is 36.2 Å². The van der Waals surface area contributed by atoms with Gasteiger partial charge in [-0.05, 0) is 30.0 Å². The molecule has 0 unspecified atom stereocenters. The summed E-state index contributed by atoms with van der Waals surface area (Å²) in [5, 5.41) is 5.31. The van der Waals surface area contributed by atoms with Gasteiger partial charge in [-0.25, -0.2) is 0 Å². The molecule has 0 aromatic heterocycles. The molecule has 0 spiro atoms. The molecule has 0 aliphatic heterocycles. The van der Waals surface area contributed by atoms with E-state index >= 15 is 0 Å². The van der Waals surface area contributed by atoms with Crippen molar-refractivity contribution < 1.29 is 9.59 Å². The normalized spacial score (nSPS) is 10.6. The predicted octanol–water partition coefficient (Wildman–Crippen LogP) is 3.25. The van der Waals surface area contributed by atoms with Crippen molar-refractivity contribution in [2.45, 2.75) is 34.1 Å². The van der Waals surface area contributed by atoms with Crippen molar-refractivity contribution in [1.29, 1.82) is 0 Å². The first kappa shape index (κ1) is 20.7. The number of amides is 2. The molecule has 7 heteroatoms. The van der Waals surface area contributed by atoms with Crippen LogP contribution in [0.15, 0.2) is 16.6 Å². The van der Waals surface area contributed by atoms with E-state index in [9.17, 15) is 9.59 Å². The number of carbonyl (C=O) groups excluding carboxylic acids is 2. The average molecular weight is 393 g/mol. The zero-order chi connectivity index (χ0) is 16.2. The number of nitrogen functional groups attached to an aromatic ring is 1. The topological polar surface area (TPSA) is 84.2 Å². The highest BCUT2D eigenvalue weighted by molar-refractivity contribution is 9.10. The van der Waals surface area contributed by atoms with E-state index in [1.807, 2.05) is 33.8 Å². The van der Waals surface area contributed by atoms with Crippen LogP contribution in [0.2, 0.25) is 0 Å². The molecule has 0 saturated carbocycles. The van der Waals surface area contributed by atoms with E-state index in [0.29, 0.717) is 17.8 Å². The number of hydrogen-bond acceptors (Lipinski definition) is 3. The first-order valence-electron chi connectivity index (χ1n) is 6.70. The Morgan fingerprint density at radius 1 is 1.23 bits per heavy atom. The lowest BCUT2D eigenvalue weighted by Crippen LogP contribution is -2.34. The van der Waals surface area contributed by atoms with E-state index in [0.717, 1.165) is 10.0 Å².